The first kappa shape index (κ1) is 16.3. The van der Waals surface area contributed by atoms with E-state index < -0.39 is 5.60 Å². The second kappa shape index (κ2) is 6.60. The van der Waals surface area contributed by atoms with Crippen molar-refractivity contribution < 1.29 is 9.53 Å². The Morgan fingerprint density at radius 3 is 2.37 bits per heavy atom. The Morgan fingerprint density at radius 1 is 1.32 bits per heavy atom. The minimum atomic E-state index is -0.400. The van der Waals surface area contributed by atoms with Gasteiger partial charge in [0.1, 0.15) is 5.60 Å². The Hall–Kier alpha value is -0.770. The number of rotatable bonds is 4. The summed E-state index contributed by atoms with van der Waals surface area (Å²) < 4.78 is 5.42. The molecule has 1 N–H and O–H groups in total. The van der Waals surface area contributed by atoms with Gasteiger partial charge in [-0.2, -0.15) is 0 Å². The molecular weight excluding hydrogens is 240 g/mol. The standard InChI is InChI=1S/C15H30N2O2/c1-6-16-10-7-15(5)8-11-17(12-9-15)13(18)19-14(2,3)4/h16H,6-12H2,1-5H3. The molecule has 0 aromatic carbocycles. The minimum absolute atomic E-state index is 0.166. The third-order valence-electron chi connectivity index (χ3n) is 3.78. The van der Waals surface area contributed by atoms with Gasteiger partial charge in [0.25, 0.3) is 0 Å². The van der Waals surface area contributed by atoms with E-state index in [1.807, 2.05) is 25.7 Å². The van der Waals surface area contributed by atoms with Crippen LogP contribution in [0, 0.1) is 5.41 Å². The minimum Gasteiger partial charge on any atom is -0.444 e. The third-order valence-corrected chi connectivity index (χ3v) is 3.78. The van der Waals surface area contributed by atoms with Gasteiger partial charge >= 0.3 is 6.09 Å². The fourth-order valence-corrected chi connectivity index (χ4v) is 2.37. The van der Waals surface area contributed by atoms with Crippen LogP contribution >= 0.6 is 0 Å². The Balaban J connectivity index is 2.37. The lowest BCUT2D eigenvalue weighted by Crippen LogP contribution is -2.45. The highest BCUT2D eigenvalue weighted by Gasteiger charge is 2.33. The van der Waals surface area contributed by atoms with E-state index in [1.54, 1.807) is 0 Å². The summed E-state index contributed by atoms with van der Waals surface area (Å²) in [4.78, 5) is 13.8. The smallest absolute Gasteiger partial charge is 0.410 e. The molecule has 0 aliphatic carbocycles. The van der Waals surface area contributed by atoms with Crippen LogP contribution in [-0.4, -0.2) is 42.8 Å². The zero-order chi connectivity index (χ0) is 14.5. The number of likely N-dealkylation sites (tertiary alicyclic amines) is 1. The molecule has 0 aromatic rings. The number of piperidine rings is 1. The van der Waals surface area contributed by atoms with Crippen LogP contribution in [-0.2, 0) is 4.74 Å². The van der Waals surface area contributed by atoms with Gasteiger partial charge in [0.15, 0.2) is 0 Å². The summed E-state index contributed by atoms with van der Waals surface area (Å²) in [5.41, 5.74) is -0.0381. The third kappa shape index (κ3) is 5.81. The van der Waals surface area contributed by atoms with Gasteiger partial charge < -0.3 is 15.0 Å². The number of hydrogen-bond acceptors (Lipinski definition) is 3. The molecule has 0 unspecified atom stereocenters. The first-order chi connectivity index (χ1) is 8.76. The van der Waals surface area contributed by atoms with Crippen molar-refractivity contribution in [2.75, 3.05) is 26.2 Å². The normalized spacial score (nSPS) is 19.3. The van der Waals surface area contributed by atoms with Crippen LogP contribution in [0.1, 0.15) is 53.9 Å². The van der Waals surface area contributed by atoms with E-state index in [0.717, 1.165) is 39.0 Å². The largest absolute Gasteiger partial charge is 0.444 e. The van der Waals surface area contributed by atoms with Crippen LogP contribution in [0.25, 0.3) is 0 Å². The van der Waals surface area contributed by atoms with Gasteiger partial charge in [-0.3, -0.25) is 0 Å². The van der Waals surface area contributed by atoms with Crippen molar-refractivity contribution in [1.29, 1.82) is 0 Å². The highest BCUT2D eigenvalue weighted by molar-refractivity contribution is 5.68. The molecular formula is C15H30N2O2. The molecule has 1 aliphatic heterocycles. The molecule has 0 aromatic heterocycles. The summed E-state index contributed by atoms with van der Waals surface area (Å²) in [6.07, 6.45) is 3.15. The van der Waals surface area contributed by atoms with E-state index in [9.17, 15) is 4.79 Å². The quantitative estimate of drug-likeness (QED) is 0.798. The lowest BCUT2D eigenvalue weighted by atomic mass is 9.77. The molecule has 4 nitrogen and oxygen atoms in total. The average molecular weight is 270 g/mol. The number of ether oxygens (including phenoxy) is 1. The molecule has 0 saturated carbocycles. The molecule has 0 bridgehead atoms. The molecule has 1 aliphatic rings. The zero-order valence-electron chi connectivity index (χ0n) is 13.2. The van der Waals surface area contributed by atoms with Gasteiger partial charge in [0.2, 0.25) is 0 Å². The number of carbonyl (C=O) groups is 1. The predicted octanol–water partition coefficient (Wildman–Crippen LogP) is 3.02. The molecule has 0 spiro atoms. The Labute approximate surface area is 117 Å². The molecule has 1 heterocycles. The lowest BCUT2D eigenvalue weighted by Gasteiger charge is -2.39. The van der Waals surface area contributed by atoms with E-state index >= 15 is 0 Å². The highest BCUT2D eigenvalue weighted by Crippen LogP contribution is 2.34. The van der Waals surface area contributed by atoms with Crippen molar-refractivity contribution in [3.05, 3.63) is 0 Å². The first-order valence-electron chi connectivity index (χ1n) is 7.44. The second-order valence-corrected chi connectivity index (χ2v) is 6.88. The fourth-order valence-electron chi connectivity index (χ4n) is 2.37. The van der Waals surface area contributed by atoms with E-state index in [4.69, 9.17) is 4.74 Å². The number of nitrogens with zero attached hydrogens (tertiary/aromatic N) is 1. The fraction of sp³-hybridized carbons (Fsp3) is 0.933. The summed E-state index contributed by atoms with van der Waals surface area (Å²) in [5.74, 6) is 0. The number of amides is 1. The molecule has 0 atom stereocenters. The van der Waals surface area contributed by atoms with Crippen LogP contribution in [0.2, 0.25) is 0 Å². The van der Waals surface area contributed by atoms with Gasteiger partial charge in [0.05, 0.1) is 0 Å². The Bertz CT molecular complexity index is 289. The first-order valence-corrected chi connectivity index (χ1v) is 7.44. The molecule has 1 fully saturated rings. The molecule has 4 heteroatoms. The average Bonchev–Trinajstić information content (AvgIpc) is 2.27. The van der Waals surface area contributed by atoms with Gasteiger partial charge in [-0.25, -0.2) is 4.79 Å². The van der Waals surface area contributed by atoms with Crippen molar-refractivity contribution in [2.24, 2.45) is 5.41 Å². The topological polar surface area (TPSA) is 41.6 Å². The molecule has 1 rings (SSSR count). The van der Waals surface area contributed by atoms with E-state index in [1.165, 1.54) is 6.42 Å². The number of carbonyl (C=O) groups excluding carboxylic acids is 1. The predicted molar refractivity (Wildman–Crippen MR) is 78.3 cm³/mol. The van der Waals surface area contributed by atoms with Crippen LogP contribution < -0.4 is 5.32 Å². The van der Waals surface area contributed by atoms with E-state index in [-0.39, 0.29) is 6.09 Å². The molecule has 19 heavy (non-hydrogen) atoms. The van der Waals surface area contributed by atoms with Gasteiger partial charge in [0, 0.05) is 13.1 Å². The van der Waals surface area contributed by atoms with Gasteiger partial charge in [-0.05, 0) is 58.5 Å². The van der Waals surface area contributed by atoms with Crippen LogP contribution in [0.5, 0.6) is 0 Å². The maximum Gasteiger partial charge on any atom is 0.410 e. The van der Waals surface area contributed by atoms with Crippen molar-refractivity contribution in [3.63, 3.8) is 0 Å². The summed E-state index contributed by atoms with van der Waals surface area (Å²) in [7, 11) is 0. The van der Waals surface area contributed by atoms with E-state index in [0.29, 0.717) is 5.41 Å². The zero-order valence-corrected chi connectivity index (χ0v) is 13.2. The SMILES string of the molecule is CCNCCC1(C)CCN(C(=O)OC(C)(C)C)CC1. The van der Waals surface area contributed by atoms with Crippen molar-refractivity contribution in [3.8, 4) is 0 Å². The summed E-state index contributed by atoms with van der Waals surface area (Å²) in [5, 5.41) is 3.38. The monoisotopic (exact) mass is 270 g/mol. The van der Waals surface area contributed by atoms with Crippen molar-refractivity contribution in [2.45, 2.75) is 59.5 Å². The molecule has 1 saturated heterocycles. The lowest BCUT2D eigenvalue weighted by molar-refractivity contribution is 0.0111. The molecule has 0 radical (unpaired) electrons. The highest BCUT2D eigenvalue weighted by atomic mass is 16.6. The maximum absolute atomic E-state index is 12.0. The summed E-state index contributed by atoms with van der Waals surface area (Å²) >= 11 is 0. The number of hydrogen-bond donors (Lipinski definition) is 1. The summed E-state index contributed by atoms with van der Waals surface area (Å²) in [6.45, 7) is 13.9. The van der Waals surface area contributed by atoms with Crippen LogP contribution in [0.3, 0.4) is 0 Å². The number of nitrogens with one attached hydrogen (secondary N) is 1. The van der Waals surface area contributed by atoms with E-state index in [2.05, 4.69) is 19.2 Å². The molecule has 1 amide bonds. The Kier molecular flexibility index (Phi) is 5.65. The second-order valence-electron chi connectivity index (χ2n) is 6.88. The summed E-state index contributed by atoms with van der Waals surface area (Å²) in [6, 6.07) is 0. The van der Waals surface area contributed by atoms with Crippen LogP contribution in [0.4, 0.5) is 4.79 Å². The molecule has 112 valence electrons. The van der Waals surface area contributed by atoms with Crippen molar-refractivity contribution >= 4 is 6.09 Å². The van der Waals surface area contributed by atoms with Crippen molar-refractivity contribution in [1.82, 2.24) is 10.2 Å². The Morgan fingerprint density at radius 2 is 1.89 bits per heavy atom. The van der Waals surface area contributed by atoms with Crippen LogP contribution in [0.15, 0.2) is 0 Å². The maximum atomic E-state index is 12.0. The van der Waals surface area contributed by atoms with Gasteiger partial charge in [-0.1, -0.05) is 13.8 Å². The van der Waals surface area contributed by atoms with Gasteiger partial charge in [-0.15, -0.1) is 0 Å².